The second-order valence-corrected chi connectivity index (χ2v) is 3.95. The summed E-state index contributed by atoms with van der Waals surface area (Å²) in [7, 11) is 0. The van der Waals surface area contributed by atoms with Crippen molar-refractivity contribution in [1.29, 1.82) is 0 Å². The van der Waals surface area contributed by atoms with Crippen LogP contribution in [0.3, 0.4) is 0 Å². The molecule has 0 amide bonds. The van der Waals surface area contributed by atoms with Gasteiger partial charge in [0.25, 0.3) is 0 Å². The normalized spacial score (nSPS) is 17.8. The van der Waals surface area contributed by atoms with E-state index >= 15 is 0 Å². The smallest absolute Gasteiger partial charge is 0.311 e. The van der Waals surface area contributed by atoms with Crippen LogP contribution in [0.1, 0.15) is 24.3 Å². The number of aromatic nitrogens is 1. The van der Waals surface area contributed by atoms with Crippen molar-refractivity contribution in [3.8, 4) is 0 Å². The van der Waals surface area contributed by atoms with Crippen LogP contribution in [0.4, 0.5) is 0 Å². The minimum absolute atomic E-state index is 0.283. The van der Waals surface area contributed by atoms with Crippen molar-refractivity contribution in [2.45, 2.75) is 18.8 Å². The van der Waals surface area contributed by atoms with E-state index in [1.54, 1.807) is 18.3 Å². The molecular weight excluding hydrogens is 202 g/mol. The summed E-state index contributed by atoms with van der Waals surface area (Å²) in [4.78, 5) is 14.9. The molecule has 0 aromatic carbocycles. The highest BCUT2D eigenvalue weighted by Gasteiger charge is 2.37. The summed E-state index contributed by atoms with van der Waals surface area (Å²) in [6, 6.07) is 3.36. The van der Waals surface area contributed by atoms with Gasteiger partial charge in [-0.25, -0.2) is 4.98 Å². The van der Waals surface area contributed by atoms with Gasteiger partial charge in [-0.05, 0) is 36.5 Å². The highest BCUT2D eigenvalue weighted by atomic mass is 35.5. The molecule has 0 saturated heterocycles. The highest BCUT2D eigenvalue weighted by molar-refractivity contribution is 6.29. The quantitative estimate of drug-likeness (QED) is 0.781. The Morgan fingerprint density at radius 2 is 2.36 bits per heavy atom. The lowest BCUT2D eigenvalue weighted by atomic mass is 9.95. The van der Waals surface area contributed by atoms with E-state index in [4.69, 9.17) is 16.7 Å². The fourth-order valence-electron chi connectivity index (χ4n) is 1.66. The third kappa shape index (κ3) is 1.87. The second-order valence-electron chi connectivity index (χ2n) is 3.57. The predicted octanol–water partition coefficient (Wildman–Crippen LogP) is 2.31. The van der Waals surface area contributed by atoms with Gasteiger partial charge in [0, 0.05) is 6.20 Å². The van der Waals surface area contributed by atoms with Gasteiger partial charge >= 0.3 is 5.97 Å². The molecule has 1 aromatic rings. The average Bonchev–Trinajstić information content (AvgIpc) is 2.88. The number of pyridine rings is 1. The lowest BCUT2D eigenvalue weighted by Gasteiger charge is -2.10. The van der Waals surface area contributed by atoms with Crippen LogP contribution in [0.15, 0.2) is 18.3 Å². The molecule has 1 aliphatic carbocycles. The molecule has 2 rings (SSSR count). The zero-order chi connectivity index (χ0) is 10.1. The van der Waals surface area contributed by atoms with Crippen LogP contribution in [-0.2, 0) is 4.79 Å². The molecule has 0 radical (unpaired) electrons. The van der Waals surface area contributed by atoms with Crippen LogP contribution >= 0.6 is 11.6 Å². The van der Waals surface area contributed by atoms with Gasteiger partial charge in [-0.15, -0.1) is 0 Å². The van der Waals surface area contributed by atoms with Crippen molar-refractivity contribution in [1.82, 2.24) is 4.98 Å². The molecule has 1 atom stereocenters. The first kappa shape index (κ1) is 9.46. The molecule has 4 heteroatoms. The standard InChI is InChI=1S/C10H10ClNO2/c11-8-5-7(3-4-12-8)9(10(13)14)6-1-2-6/h3-6,9H,1-2H2,(H,13,14)/t9-/m1/s1. The van der Waals surface area contributed by atoms with Crippen molar-refractivity contribution in [3.05, 3.63) is 29.0 Å². The van der Waals surface area contributed by atoms with Gasteiger partial charge in [-0.2, -0.15) is 0 Å². The fraction of sp³-hybridized carbons (Fsp3) is 0.400. The Bertz CT molecular complexity index is 363. The second kappa shape index (κ2) is 3.58. The summed E-state index contributed by atoms with van der Waals surface area (Å²) in [5.41, 5.74) is 0.764. The topological polar surface area (TPSA) is 50.2 Å². The molecule has 1 saturated carbocycles. The predicted molar refractivity (Wildman–Crippen MR) is 52.3 cm³/mol. The molecule has 1 aromatic heterocycles. The molecule has 74 valence electrons. The maximum absolute atomic E-state index is 11.0. The Morgan fingerprint density at radius 1 is 1.64 bits per heavy atom. The SMILES string of the molecule is O=C(O)[C@@H](c1ccnc(Cl)c1)C1CC1. The van der Waals surface area contributed by atoms with Crippen molar-refractivity contribution in [3.63, 3.8) is 0 Å². The van der Waals surface area contributed by atoms with E-state index in [9.17, 15) is 4.79 Å². The first-order valence-corrected chi connectivity index (χ1v) is 4.90. The van der Waals surface area contributed by atoms with E-state index in [1.165, 1.54) is 0 Å². The van der Waals surface area contributed by atoms with Crippen molar-refractivity contribution in [2.24, 2.45) is 5.92 Å². The summed E-state index contributed by atoms with van der Waals surface area (Å²) in [5, 5.41) is 9.42. The molecular formula is C10H10ClNO2. The Labute approximate surface area is 86.7 Å². The lowest BCUT2D eigenvalue weighted by Crippen LogP contribution is -2.13. The maximum atomic E-state index is 11.0. The first-order chi connectivity index (χ1) is 6.68. The molecule has 3 nitrogen and oxygen atoms in total. The first-order valence-electron chi connectivity index (χ1n) is 4.53. The minimum Gasteiger partial charge on any atom is -0.481 e. The van der Waals surface area contributed by atoms with Gasteiger partial charge in [0.15, 0.2) is 0 Å². The summed E-state index contributed by atoms with van der Waals surface area (Å²) >= 11 is 5.71. The van der Waals surface area contributed by atoms with E-state index in [2.05, 4.69) is 4.98 Å². The van der Waals surface area contributed by atoms with Crippen molar-refractivity contribution < 1.29 is 9.90 Å². The molecule has 0 bridgehead atoms. The van der Waals surface area contributed by atoms with Gasteiger partial charge in [0.2, 0.25) is 0 Å². The van der Waals surface area contributed by atoms with Gasteiger partial charge < -0.3 is 5.11 Å². The summed E-state index contributed by atoms with van der Waals surface area (Å²) in [5.74, 6) is -0.892. The number of rotatable bonds is 3. The Morgan fingerprint density at radius 3 is 2.86 bits per heavy atom. The maximum Gasteiger partial charge on any atom is 0.311 e. The monoisotopic (exact) mass is 211 g/mol. The third-order valence-corrected chi connectivity index (χ3v) is 2.68. The van der Waals surface area contributed by atoms with Crippen LogP contribution in [0.2, 0.25) is 5.15 Å². The van der Waals surface area contributed by atoms with Gasteiger partial charge in [0.05, 0.1) is 5.92 Å². The van der Waals surface area contributed by atoms with Gasteiger partial charge in [-0.1, -0.05) is 11.6 Å². The number of carboxylic acids is 1. The fourth-order valence-corrected chi connectivity index (χ4v) is 1.84. The number of carbonyl (C=O) groups is 1. The van der Waals surface area contributed by atoms with Crippen LogP contribution < -0.4 is 0 Å². The minimum atomic E-state index is -0.769. The Hall–Kier alpha value is -1.09. The highest BCUT2D eigenvalue weighted by Crippen LogP contribution is 2.42. The molecule has 1 N–H and O–H groups in total. The summed E-state index contributed by atoms with van der Waals surface area (Å²) in [6.07, 6.45) is 3.55. The molecule has 1 aliphatic rings. The van der Waals surface area contributed by atoms with E-state index in [1.807, 2.05) is 0 Å². The molecule has 14 heavy (non-hydrogen) atoms. The van der Waals surface area contributed by atoms with E-state index < -0.39 is 11.9 Å². The zero-order valence-electron chi connectivity index (χ0n) is 7.48. The van der Waals surface area contributed by atoms with Crippen LogP contribution in [0.25, 0.3) is 0 Å². The van der Waals surface area contributed by atoms with Crippen LogP contribution in [0.5, 0.6) is 0 Å². The number of nitrogens with zero attached hydrogens (tertiary/aromatic N) is 1. The third-order valence-electron chi connectivity index (χ3n) is 2.47. The Kier molecular flexibility index (Phi) is 2.42. The van der Waals surface area contributed by atoms with Crippen molar-refractivity contribution >= 4 is 17.6 Å². The number of carboxylic acid groups (broad SMARTS) is 1. The summed E-state index contributed by atoms with van der Waals surface area (Å²) < 4.78 is 0. The lowest BCUT2D eigenvalue weighted by molar-refractivity contribution is -0.139. The summed E-state index contributed by atoms with van der Waals surface area (Å²) in [6.45, 7) is 0. The van der Waals surface area contributed by atoms with E-state index in [0.29, 0.717) is 5.15 Å². The molecule has 0 unspecified atom stereocenters. The van der Waals surface area contributed by atoms with Crippen LogP contribution in [0, 0.1) is 5.92 Å². The zero-order valence-corrected chi connectivity index (χ0v) is 8.24. The van der Waals surface area contributed by atoms with Gasteiger partial charge in [0.1, 0.15) is 5.15 Å². The molecule has 0 spiro atoms. The molecule has 1 heterocycles. The average molecular weight is 212 g/mol. The van der Waals surface area contributed by atoms with Gasteiger partial charge in [-0.3, -0.25) is 4.79 Å². The Balaban J connectivity index is 2.30. The molecule has 0 aliphatic heterocycles. The number of aliphatic carboxylic acids is 1. The molecule has 1 fully saturated rings. The van der Waals surface area contributed by atoms with Crippen LogP contribution in [-0.4, -0.2) is 16.1 Å². The van der Waals surface area contributed by atoms with E-state index in [-0.39, 0.29) is 5.92 Å². The number of hydrogen-bond donors (Lipinski definition) is 1. The van der Waals surface area contributed by atoms with E-state index in [0.717, 1.165) is 18.4 Å². The number of hydrogen-bond acceptors (Lipinski definition) is 2. The largest absolute Gasteiger partial charge is 0.481 e. The van der Waals surface area contributed by atoms with Crippen molar-refractivity contribution in [2.75, 3.05) is 0 Å². The number of halogens is 1.